The zero-order valence-electron chi connectivity index (χ0n) is 13.7. The first-order chi connectivity index (χ1) is 11.5. The first-order valence-electron chi connectivity index (χ1n) is 8.06. The molecule has 1 saturated heterocycles. The lowest BCUT2D eigenvalue weighted by molar-refractivity contribution is -0.125. The first-order valence-corrected chi connectivity index (χ1v) is 8.94. The zero-order valence-corrected chi connectivity index (χ0v) is 14.5. The molecule has 1 fully saturated rings. The average molecular weight is 346 g/mol. The fourth-order valence-corrected chi connectivity index (χ4v) is 4.05. The molecule has 1 aromatic heterocycles. The highest BCUT2D eigenvalue weighted by atomic mass is 32.1. The van der Waals surface area contributed by atoms with Crippen molar-refractivity contribution in [3.63, 3.8) is 0 Å². The van der Waals surface area contributed by atoms with Gasteiger partial charge < -0.3 is 5.73 Å². The highest BCUT2D eigenvalue weighted by molar-refractivity contribution is 7.17. The van der Waals surface area contributed by atoms with E-state index in [2.05, 4.69) is 44.8 Å². The summed E-state index contributed by atoms with van der Waals surface area (Å²) in [6.07, 6.45) is 0. The standard InChI is InChI=1S/C17H22N4O2S/c1-12(16(22)19-17(18)23)21-8-6-20(7-9-21)10-13-11-24-15-5-3-2-4-14(13)15/h2-5,11-12H,6-10H2,1H3,(H3,18,19,22,23). The molecule has 3 N–H and O–H groups in total. The Morgan fingerprint density at radius 1 is 1.25 bits per heavy atom. The molecule has 6 nitrogen and oxygen atoms in total. The minimum atomic E-state index is -0.796. The normalized spacial score (nSPS) is 17.7. The summed E-state index contributed by atoms with van der Waals surface area (Å²) in [5.74, 6) is -0.334. The molecule has 2 aromatic rings. The van der Waals surface area contributed by atoms with Crippen LogP contribution in [0.15, 0.2) is 29.6 Å². The van der Waals surface area contributed by atoms with Crippen LogP contribution in [0.2, 0.25) is 0 Å². The SMILES string of the molecule is CC(C(=O)NC(N)=O)N1CCN(Cc2csc3ccccc23)CC1. The molecule has 7 heteroatoms. The highest BCUT2D eigenvalue weighted by Crippen LogP contribution is 2.27. The topological polar surface area (TPSA) is 78.7 Å². The zero-order chi connectivity index (χ0) is 17.1. The van der Waals surface area contributed by atoms with E-state index in [0.717, 1.165) is 32.7 Å². The average Bonchev–Trinajstić information content (AvgIpc) is 2.97. The molecule has 1 aliphatic heterocycles. The maximum Gasteiger partial charge on any atom is 0.318 e. The van der Waals surface area contributed by atoms with Gasteiger partial charge in [0.25, 0.3) is 0 Å². The van der Waals surface area contributed by atoms with Gasteiger partial charge in [-0.15, -0.1) is 11.3 Å². The van der Waals surface area contributed by atoms with Gasteiger partial charge in [0, 0.05) is 37.4 Å². The number of benzene rings is 1. The molecule has 1 aromatic carbocycles. The number of hydrogen-bond donors (Lipinski definition) is 2. The molecule has 0 aliphatic carbocycles. The van der Waals surface area contributed by atoms with Gasteiger partial charge in [0.05, 0.1) is 6.04 Å². The molecule has 128 valence electrons. The summed E-state index contributed by atoms with van der Waals surface area (Å²) in [6, 6.07) is 7.33. The molecule has 1 atom stereocenters. The van der Waals surface area contributed by atoms with Gasteiger partial charge in [-0.3, -0.25) is 19.9 Å². The van der Waals surface area contributed by atoms with Crippen LogP contribution in [0.3, 0.4) is 0 Å². The number of fused-ring (bicyclic) bond motifs is 1. The number of carbonyl (C=O) groups is 2. The molecular formula is C17H22N4O2S. The second-order valence-electron chi connectivity index (χ2n) is 6.10. The Hall–Kier alpha value is -1.96. The van der Waals surface area contributed by atoms with E-state index in [-0.39, 0.29) is 11.9 Å². The van der Waals surface area contributed by atoms with Crippen LogP contribution in [0.5, 0.6) is 0 Å². The maximum atomic E-state index is 11.9. The molecule has 0 radical (unpaired) electrons. The van der Waals surface area contributed by atoms with Gasteiger partial charge in [-0.05, 0) is 29.3 Å². The number of rotatable bonds is 4. The van der Waals surface area contributed by atoms with E-state index in [1.54, 1.807) is 18.3 Å². The number of hydrogen-bond acceptors (Lipinski definition) is 5. The van der Waals surface area contributed by atoms with Crippen molar-refractivity contribution in [1.29, 1.82) is 0 Å². The second kappa shape index (κ2) is 7.29. The quantitative estimate of drug-likeness (QED) is 0.881. The number of imide groups is 1. The van der Waals surface area contributed by atoms with E-state index in [0.29, 0.717) is 0 Å². The monoisotopic (exact) mass is 346 g/mol. The fraction of sp³-hybridized carbons (Fsp3) is 0.412. The van der Waals surface area contributed by atoms with E-state index in [4.69, 9.17) is 5.73 Å². The van der Waals surface area contributed by atoms with Gasteiger partial charge in [-0.2, -0.15) is 0 Å². The van der Waals surface area contributed by atoms with Crippen LogP contribution in [0.1, 0.15) is 12.5 Å². The maximum absolute atomic E-state index is 11.9. The van der Waals surface area contributed by atoms with Crippen LogP contribution < -0.4 is 11.1 Å². The summed E-state index contributed by atoms with van der Waals surface area (Å²) in [7, 11) is 0. The van der Waals surface area contributed by atoms with E-state index in [1.807, 2.05) is 0 Å². The number of thiophene rings is 1. The Balaban J connectivity index is 1.55. The van der Waals surface area contributed by atoms with Crippen LogP contribution in [0.4, 0.5) is 4.79 Å². The summed E-state index contributed by atoms with van der Waals surface area (Å²) in [6.45, 7) is 6.14. The van der Waals surface area contributed by atoms with Crippen molar-refractivity contribution in [2.24, 2.45) is 5.73 Å². The Bertz CT molecular complexity index is 737. The van der Waals surface area contributed by atoms with Crippen LogP contribution in [-0.4, -0.2) is 54.0 Å². The lowest BCUT2D eigenvalue weighted by atomic mass is 10.1. The summed E-state index contributed by atoms with van der Waals surface area (Å²) in [5.41, 5.74) is 6.37. The van der Waals surface area contributed by atoms with Gasteiger partial charge in [-0.1, -0.05) is 18.2 Å². The number of nitrogens with one attached hydrogen (secondary N) is 1. The smallest absolute Gasteiger partial charge is 0.318 e. The molecule has 3 amide bonds. The van der Waals surface area contributed by atoms with Crippen LogP contribution in [0, 0.1) is 0 Å². The largest absolute Gasteiger partial charge is 0.351 e. The number of primary amides is 1. The third-order valence-corrected chi connectivity index (χ3v) is 5.55. The molecule has 24 heavy (non-hydrogen) atoms. The lowest BCUT2D eigenvalue weighted by Gasteiger charge is -2.37. The number of carbonyl (C=O) groups excluding carboxylic acids is 2. The van der Waals surface area contributed by atoms with Gasteiger partial charge in [0.15, 0.2) is 0 Å². The molecule has 1 unspecified atom stereocenters. The van der Waals surface area contributed by atoms with Crippen molar-refractivity contribution < 1.29 is 9.59 Å². The Morgan fingerprint density at radius 2 is 1.96 bits per heavy atom. The summed E-state index contributed by atoms with van der Waals surface area (Å²) in [4.78, 5) is 27.2. The van der Waals surface area contributed by atoms with Gasteiger partial charge >= 0.3 is 6.03 Å². The molecule has 1 aliphatic rings. The van der Waals surface area contributed by atoms with E-state index >= 15 is 0 Å². The Labute approximate surface area is 145 Å². The molecule has 2 heterocycles. The van der Waals surface area contributed by atoms with Gasteiger partial charge in [-0.25, -0.2) is 4.79 Å². The van der Waals surface area contributed by atoms with E-state index < -0.39 is 6.03 Å². The Morgan fingerprint density at radius 3 is 2.67 bits per heavy atom. The van der Waals surface area contributed by atoms with Crippen LogP contribution in [0.25, 0.3) is 10.1 Å². The number of piperazine rings is 1. The highest BCUT2D eigenvalue weighted by Gasteiger charge is 2.26. The van der Waals surface area contributed by atoms with Crippen LogP contribution in [-0.2, 0) is 11.3 Å². The van der Waals surface area contributed by atoms with E-state index in [1.165, 1.54) is 15.6 Å². The van der Waals surface area contributed by atoms with Gasteiger partial charge in [0.2, 0.25) is 5.91 Å². The fourth-order valence-electron chi connectivity index (χ4n) is 3.10. The molecule has 0 saturated carbocycles. The van der Waals surface area contributed by atoms with Gasteiger partial charge in [0.1, 0.15) is 0 Å². The van der Waals surface area contributed by atoms with Crippen molar-refractivity contribution in [2.45, 2.75) is 19.5 Å². The second-order valence-corrected chi connectivity index (χ2v) is 7.01. The third kappa shape index (κ3) is 3.75. The predicted molar refractivity (Wildman–Crippen MR) is 95.9 cm³/mol. The summed E-state index contributed by atoms with van der Waals surface area (Å²) < 4.78 is 1.32. The number of nitrogens with two attached hydrogens (primary N) is 1. The first kappa shape index (κ1) is 16.9. The molecule has 0 bridgehead atoms. The van der Waals surface area contributed by atoms with Crippen molar-refractivity contribution in [2.75, 3.05) is 26.2 Å². The van der Waals surface area contributed by atoms with E-state index in [9.17, 15) is 9.59 Å². The predicted octanol–water partition coefficient (Wildman–Crippen LogP) is 1.60. The minimum Gasteiger partial charge on any atom is -0.351 e. The van der Waals surface area contributed by atoms with Crippen molar-refractivity contribution in [3.8, 4) is 0 Å². The third-order valence-electron chi connectivity index (χ3n) is 4.54. The Kier molecular flexibility index (Phi) is 5.13. The van der Waals surface area contributed by atoms with Crippen molar-refractivity contribution in [1.82, 2.24) is 15.1 Å². The van der Waals surface area contributed by atoms with Crippen LogP contribution >= 0.6 is 11.3 Å². The number of urea groups is 1. The molecular weight excluding hydrogens is 324 g/mol. The minimum absolute atomic E-state index is 0.334. The summed E-state index contributed by atoms with van der Waals surface area (Å²) in [5, 5.41) is 5.72. The lowest BCUT2D eigenvalue weighted by Crippen LogP contribution is -2.54. The summed E-state index contributed by atoms with van der Waals surface area (Å²) >= 11 is 1.78. The molecule has 3 rings (SSSR count). The number of amides is 3. The van der Waals surface area contributed by atoms with Crippen molar-refractivity contribution in [3.05, 3.63) is 35.2 Å². The number of nitrogens with zero attached hydrogens (tertiary/aromatic N) is 2. The molecule has 0 spiro atoms. The van der Waals surface area contributed by atoms with Crippen molar-refractivity contribution >= 4 is 33.4 Å².